The zero-order valence-electron chi connectivity index (χ0n) is 19.5. The van der Waals surface area contributed by atoms with Gasteiger partial charge in [-0.05, 0) is 48.9 Å². The number of carboxylic acid groups (broad SMARTS) is 1. The summed E-state index contributed by atoms with van der Waals surface area (Å²) >= 11 is 7.17. The van der Waals surface area contributed by atoms with E-state index in [-0.39, 0.29) is 25.3 Å². The highest BCUT2D eigenvalue weighted by atomic mass is 35.5. The Balaban J connectivity index is 1.42. The number of carbonyl (C=O) groups is 2. The molecule has 36 heavy (non-hydrogen) atoms. The molecular formula is C26H27ClN2O5S2. The molecule has 0 aromatic heterocycles. The summed E-state index contributed by atoms with van der Waals surface area (Å²) in [5.74, 6) is -1.25. The van der Waals surface area contributed by atoms with E-state index in [1.54, 1.807) is 17.0 Å². The van der Waals surface area contributed by atoms with Gasteiger partial charge in [-0.2, -0.15) is 4.72 Å². The van der Waals surface area contributed by atoms with Crippen LogP contribution in [0.4, 0.5) is 0 Å². The number of aliphatic carboxylic acids is 1. The molecule has 2 fully saturated rings. The first kappa shape index (κ1) is 25.3. The molecule has 1 saturated heterocycles. The minimum absolute atomic E-state index is 0.0197. The summed E-state index contributed by atoms with van der Waals surface area (Å²) in [5, 5.41) is 11.0. The van der Waals surface area contributed by atoms with Crippen molar-refractivity contribution in [2.24, 2.45) is 0 Å². The second kappa shape index (κ2) is 9.52. The van der Waals surface area contributed by atoms with Gasteiger partial charge in [0.05, 0.1) is 0 Å². The molecule has 3 aliphatic rings. The van der Waals surface area contributed by atoms with E-state index in [1.165, 1.54) is 11.8 Å². The highest BCUT2D eigenvalue weighted by Crippen LogP contribution is 2.59. The van der Waals surface area contributed by atoms with Gasteiger partial charge < -0.3 is 10.0 Å². The van der Waals surface area contributed by atoms with E-state index in [4.69, 9.17) is 11.6 Å². The van der Waals surface area contributed by atoms with Crippen LogP contribution in [0.1, 0.15) is 43.2 Å². The topological polar surface area (TPSA) is 104 Å². The number of halogens is 1. The van der Waals surface area contributed by atoms with Crippen molar-refractivity contribution in [1.82, 2.24) is 9.62 Å². The van der Waals surface area contributed by atoms with Gasteiger partial charge in [0.15, 0.2) is 0 Å². The number of nitrogens with zero attached hydrogens (tertiary/aromatic N) is 1. The number of carboxylic acids is 1. The number of amides is 1. The van der Waals surface area contributed by atoms with Gasteiger partial charge in [0.25, 0.3) is 0 Å². The number of carbonyl (C=O) groups excluding carboxylic acids is 1. The minimum Gasteiger partial charge on any atom is -0.480 e. The van der Waals surface area contributed by atoms with Gasteiger partial charge in [-0.3, -0.25) is 9.59 Å². The van der Waals surface area contributed by atoms with Gasteiger partial charge in [0.1, 0.15) is 10.1 Å². The van der Waals surface area contributed by atoms with Crippen LogP contribution in [0.3, 0.4) is 0 Å². The predicted octanol–water partition coefficient (Wildman–Crippen LogP) is 4.24. The molecule has 5 rings (SSSR count). The van der Waals surface area contributed by atoms with E-state index in [2.05, 4.69) is 4.72 Å². The fourth-order valence-corrected chi connectivity index (χ4v) is 8.70. The number of allylic oxidation sites excluding steroid dienone is 1. The summed E-state index contributed by atoms with van der Waals surface area (Å²) < 4.78 is 28.9. The third-order valence-corrected chi connectivity index (χ3v) is 11.3. The highest BCUT2D eigenvalue weighted by molar-refractivity contribution is 8.18. The molecule has 10 heteroatoms. The summed E-state index contributed by atoms with van der Waals surface area (Å²) in [4.78, 5) is 27.9. The number of thioether (sulfide) groups is 1. The Labute approximate surface area is 220 Å². The van der Waals surface area contributed by atoms with Gasteiger partial charge in [-0.25, -0.2) is 8.42 Å². The Morgan fingerprint density at radius 2 is 1.86 bits per heavy atom. The minimum atomic E-state index is -4.03. The number of likely N-dealkylation sites (tertiary alicyclic amines) is 1. The molecule has 0 bridgehead atoms. The number of piperidine rings is 1. The van der Waals surface area contributed by atoms with Crippen molar-refractivity contribution in [3.05, 3.63) is 76.8 Å². The van der Waals surface area contributed by atoms with Crippen LogP contribution in [0, 0.1) is 0 Å². The van der Waals surface area contributed by atoms with Crippen LogP contribution in [-0.2, 0) is 25.0 Å². The normalized spacial score (nSPS) is 28.1. The molecule has 2 aromatic carbocycles. The number of nitrogens with one attached hydrogen (secondary N) is 1. The van der Waals surface area contributed by atoms with E-state index < -0.39 is 31.5 Å². The third kappa shape index (κ3) is 4.47. The van der Waals surface area contributed by atoms with E-state index >= 15 is 0 Å². The molecule has 7 nitrogen and oxygen atoms in total. The van der Waals surface area contributed by atoms with E-state index in [9.17, 15) is 23.1 Å². The molecule has 0 radical (unpaired) electrons. The van der Waals surface area contributed by atoms with Crippen LogP contribution in [0.25, 0.3) is 4.91 Å². The number of rotatable bonds is 8. The van der Waals surface area contributed by atoms with Crippen LogP contribution in [0.15, 0.2) is 60.7 Å². The Morgan fingerprint density at radius 3 is 2.53 bits per heavy atom. The average Bonchev–Trinajstić information content (AvgIpc) is 3.23. The third-order valence-electron chi connectivity index (χ3n) is 7.38. The standard InChI is InChI=1S/C26H27ClN2O5S2/c27-20-11-9-18(10-12-20)21-13-14-23(35-21)36(33,34)28-26(24(31)32)16-25(26,19-6-2-1-3-7-19)17-29-15-5-4-8-22(29)30/h1-3,6-7,9-13,23,28H,4-5,8,14-17H2,(H,31,32). The summed E-state index contributed by atoms with van der Waals surface area (Å²) in [6.45, 7) is 0.708. The predicted molar refractivity (Wildman–Crippen MR) is 141 cm³/mol. The lowest BCUT2D eigenvalue weighted by Crippen LogP contribution is -2.54. The van der Waals surface area contributed by atoms with Crippen molar-refractivity contribution in [3.8, 4) is 0 Å². The maximum Gasteiger partial charge on any atom is 0.325 e. The number of hydrogen-bond donors (Lipinski definition) is 2. The van der Waals surface area contributed by atoms with Gasteiger partial charge in [0.2, 0.25) is 15.9 Å². The molecule has 3 unspecified atom stereocenters. The molecule has 1 saturated carbocycles. The largest absolute Gasteiger partial charge is 0.480 e. The molecule has 190 valence electrons. The molecule has 2 N–H and O–H groups in total. The molecule has 3 atom stereocenters. The summed E-state index contributed by atoms with van der Waals surface area (Å²) in [7, 11) is -4.03. The summed E-state index contributed by atoms with van der Waals surface area (Å²) in [5.41, 5.74) is -1.19. The molecule has 1 amide bonds. The first-order chi connectivity index (χ1) is 17.2. The average molecular weight is 547 g/mol. The molecule has 1 aliphatic carbocycles. The van der Waals surface area contributed by atoms with Crippen LogP contribution in [0.5, 0.6) is 0 Å². The van der Waals surface area contributed by atoms with Crippen LogP contribution in [-0.4, -0.2) is 53.5 Å². The lowest BCUT2D eigenvalue weighted by molar-refractivity contribution is -0.142. The maximum atomic E-state index is 13.6. The van der Waals surface area contributed by atoms with Crippen molar-refractivity contribution in [3.63, 3.8) is 0 Å². The SMILES string of the molecule is O=C1CCCCN1CC1(c2ccccc2)CC1(NS(=O)(=O)C1CC=C(c2ccc(Cl)cc2)S1)C(=O)O. The smallest absolute Gasteiger partial charge is 0.325 e. The second-order valence-electron chi connectivity index (χ2n) is 9.61. The van der Waals surface area contributed by atoms with Crippen molar-refractivity contribution < 1.29 is 23.1 Å². The Hall–Kier alpha value is -2.33. The van der Waals surface area contributed by atoms with Gasteiger partial charge in [0, 0.05) is 34.9 Å². The summed E-state index contributed by atoms with van der Waals surface area (Å²) in [6.07, 6.45) is 4.28. The highest BCUT2D eigenvalue weighted by Gasteiger charge is 2.75. The number of hydrogen-bond acceptors (Lipinski definition) is 5. The Bertz CT molecular complexity index is 1320. The van der Waals surface area contributed by atoms with E-state index in [0.29, 0.717) is 23.6 Å². The van der Waals surface area contributed by atoms with E-state index in [1.807, 2.05) is 48.5 Å². The number of benzene rings is 2. The molecule has 2 aromatic rings. The fourth-order valence-electron chi connectivity index (χ4n) is 5.35. The van der Waals surface area contributed by atoms with Crippen LogP contribution < -0.4 is 4.72 Å². The summed E-state index contributed by atoms with van der Waals surface area (Å²) in [6, 6.07) is 16.2. The van der Waals surface area contributed by atoms with Crippen molar-refractivity contribution in [2.45, 2.75) is 47.6 Å². The Kier molecular flexibility index (Phi) is 6.70. The first-order valence-electron chi connectivity index (χ1n) is 11.9. The molecular weight excluding hydrogens is 520 g/mol. The fraction of sp³-hybridized carbons (Fsp3) is 0.385. The van der Waals surface area contributed by atoms with E-state index in [0.717, 1.165) is 23.3 Å². The van der Waals surface area contributed by atoms with Gasteiger partial charge in [-0.1, -0.05) is 60.1 Å². The zero-order chi connectivity index (χ0) is 25.6. The second-order valence-corrected chi connectivity index (χ2v) is 13.5. The van der Waals surface area contributed by atoms with Crippen molar-refractivity contribution in [1.29, 1.82) is 0 Å². The molecule has 0 spiro atoms. The van der Waals surface area contributed by atoms with Crippen LogP contribution >= 0.6 is 23.4 Å². The lowest BCUT2D eigenvalue weighted by atomic mass is 9.89. The number of sulfonamides is 1. The first-order valence-corrected chi connectivity index (χ1v) is 14.7. The Morgan fingerprint density at radius 1 is 1.14 bits per heavy atom. The lowest BCUT2D eigenvalue weighted by Gasteiger charge is -2.33. The molecule has 2 aliphatic heterocycles. The van der Waals surface area contributed by atoms with Gasteiger partial charge in [-0.15, -0.1) is 11.8 Å². The van der Waals surface area contributed by atoms with Gasteiger partial charge >= 0.3 is 5.97 Å². The zero-order valence-corrected chi connectivity index (χ0v) is 21.9. The molecule has 2 heterocycles. The van der Waals surface area contributed by atoms with Crippen LogP contribution in [0.2, 0.25) is 5.02 Å². The maximum absolute atomic E-state index is 13.6. The monoisotopic (exact) mass is 546 g/mol. The van der Waals surface area contributed by atoms with Crippen molar-refractivity contribution in [2.75, 3.05) is 13.1 Å². The van der Waals surface area contributed by atoms with Crippen molar-refractivity contribution >= 4 is 50.2 Å². The quantitative estimate of drug-likeness (QED) is 0.513.